The molecule has 1 aromatic heterocycles. The number of esters is 1. The zero-order valence-corrected chi connectivity index (χ0v) is 19.8. The number of benzene rings is 3. The molecule has 4 aromatic rings. The first kappa shape index (κ1) is 24.5. The van der Waals surface area contributed by atoms with Crippen molar-refractivity contribution in [2.24, 2.45) is 0 Å². The normalized spacial score (nSPS) is 11.8. The maximum absolute atomic E-state index is 13.1. The van der Waals surface area contributed by atoms with E-state index in [4.69, 9.17) is 18.6 Å². The molecule has 0 aliphatic carbocycles. The van der Waals surface area contributed by atoms with Crippen LogP contribution >= 0.6 is 0 Å². The molecule has 0 spiro atoms. The van der Waals surface area contributed by atoms with Crippen molar-refractivity contribution in [2.75, 3.05) is 21.3 Å². The number of methoxy groups -OCH3 is 3. The zero-order valence-electron chi connectivity index (χ0n) is 19.8. The summed E-state index contributed by atoms with van der Waals surface area (Å²) in [4.78, 5) is 25.5. The molecule has 1 atom stereocenters. The summed E-state index contributed by atoms with van der Waals surface area (Å²) in [5.74, 6) is -2.37. The Morgan fingerprint density at radius 1 is 0.917 bits per heavy atom. The molecule has 9 nitrogen and oxygen atoms in total. The van der Waals surface area contributed by atoms with Gasteiger partial charge in [-0.2, -0.15) is 0 Å². The maximum atomic E-state index is 13.1. The third kappa shape index (κ3) is 4.38. The van der Waals surface area contributed by atoms with Crippen LogP contribution < -0.4 is 14.9 Å². The summed E-state index contributed by atoms with van der Waals surface area (Å²) >= 11 is 0. The molecular weight excluding hydrogens is 468 g/mol. The number of rotatable bonds is 7. The van der Waals surface area contributed by atoms with Gasteiger partial charge in [-0.15, -0.1) is 0 Å². The lowest BCUT2D eigenvalue weighted by Crippen LogP contribution is -2.13. The van der Waals surface area contributed by atoms with E-state index < -0.39 is 28.8 Å². The Bertz CT molecular complexity index is 1460. The summed E-state index contributed by atoms with van der Waals surface area (Å²) in [6, 6.07) is 14.1. The van der Waals surface area contributed by atoms with Crippen molar-refractivity contribution >= 4 is 16.9 Å². The van der Waals surface area contributed by atoms with E-state index in [-0.39, 0.29) is 46.0 Å². The minimum Gasteiger partial charge on any atom is -0.507 e. The lowest BCUT2D eigenvalue weighted by atomic mass is 9.86. The summed E-state index contributed by atoms with van der Waals surface area (Å²) < 4.78 is 21.5. The number of aromatic hydroxyl groups is 3. The molecule has 0 aliphatic heterocycles. The monoisotopic (exact) mass is 492 g/mol. The highest BCUT2D eigenvalue weighted by molar-refractivity contribution is 5.90. The average Bonchev–Trinajstić information content (AvgIpc) is 2.88. The molecule has 3 N–H and O–H groups in total. The van der Waals surface area contributed by atoms with Crippen LogP contribution in [0.1, 0.15) is 23.5 Å². The lowest BCUT2D eigenvalue weighted by molar-refractivity contribution is -0.140. The number of hydrogen-bond acceptors (Lipinski definition) is 9. The third-order valence-corrected chi connectivity index (χ3v) is 5.91. The van der Waals surface area contributed by atoms with E-state index in [9.17, 15) is 24.9 Å². The molecule has 0 fully saturated rings. The van der Waals surface area contributed by atoms with Gasteiger partial charge < -0.3 is 33.9 Å². The molecule has 3 aromatic carbocycles. The average molecular weight is 492 g/mol. The molecule has 0 aliphatic rings. The van der Waals surface area contributed by atoms with Crippen LogP contribution in [0.4, 0.5) is 0 Å². The second-order valence-electron chi connectivity index (χ2n) is 7.98. The van der Waals surface area contributed by atoms with Gasteiger partial charge in [0.15, 0.2) is 16.9 Å². The van der Waals surface area contributed by atoms with Gasteiger partial charge in [0.2, 0.25) is 5.75 Å². The highest BCUT2D eigenvalue weighted by Gasteiger charge is 2.30. The van der Waals surface area contributed by atoms with E-state index in [1.54, 1.807) is 24.3 Å². The molecule has 0 saturated heterocycles. The van der Waals surface area contributed by atoms with Crippen molar-refractivity contribution in [3.05, 3.63) is 75.9 Å². The summed E-state index contributed by atoms with van der Waals surface area (Å²) in [5.41, 5.74) is 0.424. The lowest BCUT2D eigenvalue weighted by Gasteiger charge is -2.22. The van der Waals surface area contributed by atoms with Gasteiger partial charge in [-0.3, -0.25) is 9.59 Å². The summed E-state index contributed by atoms with van der Waals surface area (Å²) in [6.45, 7) is 0. The van der Waals surface area contributed by atoms with Crippen LogP contribution in [0.15, 0.2) is 63.8 Å². The van der Waals surface area contributed by atoms with Crippen LogP contribution in [-0.2, 0) is 9.53 Å². The Morgan fingerprint density at radius 3 is 2.14 bits per heavy atom. The standard InChI is InChI=1S/C27H24O9/c1-33-21-9-15(10-22(34-2)26(21)32)16(11-23(31)35-3)24-17(28)12-18(29)25-19(30)13-20(36-27(24)25)14-7-5-4-6-8-14/h4-10,12-13,16,28-29,32H,11H2,1-3H3/t16-/m0/s1. The molecule has 4 rings (SSSR count). The topological polar surface area (TPSA) is 136 Å². The first-order valence-electron chi connectivity index (χ1n) is 10.9. The molecule has 0 bridgehead atoms. The van der Waals surface area contributed by atoms with Crippen molar-refractivity contribution in [2.45, 2.75) is 12.3 Å². The van der Waals surface area contributed by atoms with Gasteiger partial charge in [0.25, 0.3) is 0 Å². The first-order chi connectivity index (χ1) is 17.3. The molecule has 9 heteroatoms. The Hall–Kier alpha value is -4.66. The Labute approximate surface area is 205 Å². The van der Waals surface area contributed by atoms with Crippen LogP contribution in [0.2, 0.25) is 0 Å². The van der Waals surface area contributed by atoms with E-state index in [1.807, 2.05) is 6.07 Å². The summed E-state index contributed by atoms with van der Waals surface area (Å²) in [7, 11) is 3.93. The van der Waals surface area contributed by atoms with Crippen molar-refractivity contribution in [1.82, 2.24) is 0 Å². The van der Waals surface area contributed by atoms with Gasteiger partial charge in [0.05, 0.1) is 27.8 Å². The van der Waals surface area contributed by atoms with Crippen LogP contribution in [0, 0.1) is 0 Å². The molecular formula is C27H24O9. The fourth-order valence-electron chi connectivity index (χ4n) is 4.15. The van der Waals surface area contributed by atoms with Crippen LogP contribution in [0.25, 0.3) is 22.3 Å². The minimum absolute atomic E-state index is 0.0632. The molecule has 0 unspecified atom stereocenters. The SMILES string of the molecule is COC(=O)C[C@@H](c1cc(OC)c(O)c(OC)c1)c1c(O)cc(O)c2c(=O)cc(-c3ccccc3)oc12. The molecule has 0 radical (unpaired) electrons. The number of phenolic OH excluding ortho intramolecular Hbond substituents is 3. The second kappa shape index (κ2) is 9.91. The molecule has 186 valence electrons. The largest absolute Gasteiger partial charge is 0.507 e. The maximum Gasteiger partial charge on any atom is 0.306 e. The van der Waals surface area contributed by atoms with Gasteiger partial charge in [-0.05, 0) is 17.7 Å². The second-order valence-corrected chi connectivity index (χ2v) is 7.98. The fourth-order valence-corrected chi connectivity index (χ4v) is 4.15. The van der Waals surface area contributed by atoms with E-state index >= 15 is 0 Å². The number of carbonyl (C=O) groups excluding carboxylic acids is 1. The highest BCUT2D eigenvalue weighted by atomic mass is 16.5. The third-order valence-electron chi connectivity index (χ3n) is 5.91. The Morgan fingerprint density at radius 2 is 1.56 bits per heavy atom. The molecule has 1 heterocycles. The predicted molar refractivity (Wildman–Crippen MR) is 131 cm³/mol. The number of hydrogen-bond donors (Lipinski definition) is 3. The summed E-state index contributed by atoms with van der Waals surface area (Å²) in [5, 5.41) is 31.7. The Balaban J connectivity index is 2.07. The van der Waals surface area contributed by atoms with Crippen molar-refractivity contribution in [3.63, 3.8) is 0 Å². The predicted octanol–water partition coefficient (Wildman–Crippen LogP) is 4.29. The van der Waals surface area contributed by atoms with Crippen molar-refractivity contribution < 1.29 is 38.7 Å². The zero-order chi connectivity index (χ0) is 26.0. The minimum atomic E-state index is -0.946. The smallest absolute Gasteiger partial charge is 0.306 e. The number of carbonyl (C=O) groups is 1. The number of phenols is 3. The van der Waals surface area contributed by atoms with Crippen LogP contribution in [-0.4, -0.2) is 42.6 Å². The highest BCUT2D eigenvalue weighted by Crippen LogP contribution is 2.46. The first-order valence-corrected chi connectivity index (χ1v) is 10.9. The fraction of sp³-hybridized carbons (Fsp3) is 0.185. The van der Waals surface area contributed by atoms with Gasteiger partial charge in [0, 0.05) is 29.2 Å². The van der Waals surface area contributed by atoms with E-state index in [0.29, 0.717) is 11.1 Å². The van der Waals surface area contributed by atoms with E-state index in [0.717, 1.165) is 6.07 Å². The van der Waals surface area contributed by atoms with Crippen LogP contribution in [0.3, 0.4) is 0 Å². The van der Waals surface area contributed by atoms with Gasteiger partial charge in [0.1, 0.15) is 28.2 Å². The van der Waals surface area contributed by atoms with E-state index in [1.165, 1.54) is 39.5 Å². The van der Waals surface area contributed by atoms with Gasteiger partial charge >= 0.3 is 5.97 Å². The Kier molecular flexibility index (Phi) is 6.73. The van der Waals surface area contributed by atoms with Gasteiger partial charge in [-0.25, -0.2) is 0 Å². The van der Waals surface area contributed by atoms with Crippen molar-refractivity contribution in [3.8, 4) is 40.1 Å². The van der Waals surface area contributed by atoms with Crippen molar-refractivity contribution in [1.29, 1.82) is 0 Å². The molecule has 0 amide bonds. The van der Waals surface area contributed by atoms with Crippen LogP contribution in [0.5, 0.6) is 28.7 Å². The van der Waals surface area contributed by atoms with Gasteiger partial charge in [-0.1, -0.05) is 30.3 Å². The van der Waals surface area contributed by atoms with E-state index in [2.05, 4.69) is 0 Å². The molecule has 0 saturated carbocycles. The molecule has 36 heavy (non-hydrogen) atoms. The quantitative estimate of drug-likeness (QED) is 0.323. The number of fused-ring (bicyclic) bond motifs is 1. The summed E-state index contributed by atoms with van der Waals surface area (Å²) in [6.07, 6.45) is -0.277. The number of ether oxygens (including phenoxy) is 3.